The number of phenols is 1. The summed E-state index contributed by atoms with van der Waals surface area (Å²) in [6.07, 6.45) is 5.49. The Morgan fingerprint density at radius 2 is 1.67 bits per heavy atom. The van der Waals surface area contributed by atoms with Crippen LogP contribution in [0, 0.1) is 18.3 Å². The third-order valence-corrected chi connectivity index (χ3v) is 4.15. The molecule has 1 atom stereocenters. The molecule has 5 heteroatoms. The van der Waals surface area contributed by atoms with E-state index in [2.05, 4.69) is 5.92 Å². The Balaban J connectivity index is 2.34. The lowest BCUT2D eigenvalue weighted by atomic mass is 10.0. The third-order valence-electron chi connectivity index (χ3n) is 4.15. The average molecular weight is 365 g/mol. The zero-order valence-electron chi connectivity index (χ0n) is 15.4. The first kappa shape index (κ1) is 20.1. The van der Waals surface area contributed by atoms with E-state index in [9.17, 15) is 19.8 Å². The highest BCUT2D eigenvalue weighted by molar-refractivity contribution is 5.96. The second-order valence-electron chi connectivity index (χ2n) is 6.80. The summed E-state index contributed by atoms with van der Waals surface area (Å²) in [5, 5.41) is 19.2. The first-order chi connectivity index (χ1) is 12.8. The molecule has 1 amide bonds. The third kappa shape index (κ3) is 5.35. The minimum absolute atomic E-state index is 0.0978. The smallest absolute Gasteiger partial charge is 0.326 e. The summed E-state index contributed by atoms with van der Waals surface area (Å²) in [6, 6.07) is 11.9. The van der Waals surface area contributed by atoms with E-state index in [1.165, 1.54) is 17.0 Å². The molecule has 0 aliphatic rings. The largest absolute Gasteiger partial charge is 0.508 e. The number of benzene rings is 2. The van der Waals surface area contributed by atoms with Gasteiger partial charge in [-0.3, -0.25) is 4.79 Å². The lowest BCUT2D eigenvalue weighted by molar-refractivity contribution is -0.142. The van der Waals surface area contributed by atoms with Crippen molar-refractivity contribution >= 4 is 11.9 Å². The van der Waals surface area contributed by atoms with Crippen molar-refractivity contribution in [2.45, 2.75) is 26.3 Å². The number of hydrogen-bond acceptors (Lipinski definition) is 3. The van der Waals surface area contributed by atoms with Crippen LogP contribution in [0.15, 0.2) is 48.5 Å². The molecule has 0 aliphatic heterocycles. The van der Waals surface area contributed by atoms with Crippen LogP contribution < -0.4 is 0 Å². The number of carboxylic acid groups (broad SMARTS) is 1. The number of carbonyl (C=O) groups excluding carboxylic acids is 1. The van der Waals surface area contributed by atoms with E-state index in [1.54, 1.807) is 36.4 Å². The number of aliphatic carboxylic acids is 1. The predicted octanol–water partition coefficient (Wildman–Crippen LogP) is 3.17. The first-order valence-corrected chi connectivity index (χ1v) is 8.70. The van der Waals surface area contributed by atoms with E-state index in [-0.39, 0.29) is 24.0 Å². The summed E-state index contributed by atoms with van der Waals surface area (Å²) in [5.41, 5.74) is 1.77. The Morgan fingerprint density at radius 3 is 2.15 bits per heavy atom. The van der Waals surface area contributed by atoms with Gasteiger partial charge in [-0.05, 0) is 47.9 Å². The maximum Gasteiger partial charge on any atom is 0.326 e. The summed E-state index contributed by atoms with van der Waals surface area (Å²) >= 11 is 0. The van der Waals surface area contributed by atoms with Crippen LogP contribution in [0.25, 0.3) is 0 Å². The molecule has 0 radical (unpaired) electrons. The molecule has 2 aromatic rings. The fraction of sp³-hybridized carbons (Fsp3) is 0.273. The van der Waals surface area contributed by atoms with E-state index >= 15 is 0 Å². The number of phenolic OH excluding ortho intramolecular Hbond substituents is 1. The van der Waals surface area contributed by atoms with Gasteiger partial charge in [0.1, 0.15) is 11.8 Å². The van der Waals surface area contributed by atoms with Gasteiger partial charge in [-0.1, -0.05) is 31.9 Å². The molecule has 27 heavy (non-hydrogen) atoms. The maximum absolute atomic E-state index is 13.0. The van der Waals surface area contributed by atoms with Crippen molar-refractivity contribution in [3.05, 3.63) is 65.2 Å². The highest BCUT2D eigenvalue weighted by atomic mass is 16.4. The first-order valence-electron chi connectivity index (χ1n) is 8.70. The number of nitrogens with zero attached hydrogens (tertiary/aromatic N) is 1. The van der Waals surface area contributed by atoms with Gasteiger partial charge in [0, 0.05) is 24.1 Å². The van der Waals surface area contributed by atoms with Gasteiger partial charge in [0.15, 0.2) is 0 Å². The van der Waals surface area contributed by atoms with E-state index < -0.39 is 12.0 Å². The van der Waals surface area contributed by atoms with E-state index in [0.717, 1.165) is 5.56 Å². The molecule has 0 saturated heterocycles. The minimum atomic E-state index is -1.07. The summed E-state index contributed by atoms with van der Waals surface area (Å²) in [7, 11) is 0. The average Bonchev–Trinajstić information content (AvgIpc) is 2.65. The van der Waals surface area contributed by atoms with Crippen LogP contribution in [0.2, 0.25) is 0 Å². The van der Waals surface area contributed by atoms with Crippen molar-refractivity contribution in [2.75, 3.05) is 6.54 Å². The second kappa shape index (κ2) is 8.91. The van der Waals surface area contributed by atoms with Gasteiger partial charge in [0.05, 0.1) is 0 Å². The summed E-state index contributed by atoms with van der Waals surface area (Å²) < 4.78 is 0. The standard InChI is InChI=1S/C22H23NO4/c1-4-16-5-9-18(10-6-16)21(25)23(14-15(2)3)20(22(26)27)13-17-7-11-19(24)12-8-17/h1,5-12,15,20,24H,13-14H2,2-3H3,(H,26,27). The highest BCUT2D eigenvalue weighted by Gasteiger charge is 2.31. The molecule has 0 bridgehead atoms. The van der Waals surface area contributed by atoms with Gasteiger partial charge in [0.25, 0.3) is 5.91 Å². The van der Waals surface area contributed by atoms with Crippen LogP contribution in [0.4, 0.5) is 0 Å². The molecule has 2 N–H and O–H groups in total. The van der Waals surface area contributed by atoms with Crippen LogP contribution in [-0.4, -0.2) is 39.6 Å². The lowest BCUT2D eigenvalue weighted by Gasteiger charge is -2.31. The number of hydrogen-bond donors (Lipinski definition) is 2. The second-order valence-corrected chi connectivity index (χ2v) is 6.80. The van der Waals surface area contributed by atoms with E-state index in [1.807, 2.05) is 13.8 Å². The van der Waals surface area contributed by atoms with Crippen molar-refractivity contribution in [1.29, 1.82) is 0 Å². The van der Waals surface area contributed by atoms with Crippen LogP contribution in [-0.2, 0) is 11.2 Å². The molecule has 0 aliphatic carbocycles. The molecule has 0 aromatic heterocycles. The van der Waals surface area contributed by atoms with Crippen LogP contribution in [0.1, 0.15) is 35.3 Å². The Labute approximate surface area is 159 Å². The quantitative estimate of drug-likeness (QED) is 0.739. The van der Waals surface area contributed by atoms with Crippen molar-refractivity contribution in [3.8, 4) is 18.1 Å². The van der Waals surface area contributed by atoms with Crippen LogP contribution in [0.3, 0.4) is 0 Å². The molecule has 5 nitrogen and oxygen atoms in total. The Kier molecular flexibility index (Phi) is 6.62. The molecule has 0 spiro atoms. The monoisotopic (exact) mass is 365 g/mol. The maximum atomic E-state index is 13.0. The van der Waals surface area contributed by atoms with Gasteiger partial charge in [0.2, 0.25) is 0 Å². The number of aromatic hydroxyl groups is 1. The fourth-order valence-electron chi connectivity index (χ4n) is 2.81. The predicted molar refractivity (Wildman–Crippen MR) is 103 cm³/mol. The topological polar surface area (TPSA) is 77.8 Å². The van der Waals surface area contributed by atoms with Gasteiger partial charge < -0.3 is 15.1 Å². The molecular formula is C22H23NO4. The normalized spacial score (nSPS) is 11.6. The number of terminal acetylenes is 1. The molecule has 0 heterocycles. The Hall–Kier alpha value is -3.26. The van der Waals surface area contributed by atoms with Gasteiger partial charge in [-0.2, -0.15) is 0 Å². The SMILES string of the molecule is C#Cc1ccc(C(=O)N(CC(C)C)C(Cc2ccc(O)cc2)C(=O)O)cc1. The lowest BCUT2D eigenvalue weighted by Crippen LogP contribution is -2.48. The van der Waals surface area contributed by atoms with Crippen LogP contribution in [0.5, 0.6) is 5.75 Å². The number of carboxylic acids is 1. The number of carbonyl (C=O) groups is 2. The molecule has 140 valence electrons. The molecule has 2 rings (SSSR count). The molecule has 1 unspecified atom stereocenters. The molecule has 0 saturated carbocycles. The van der Waals surface area contributed by atoms with Gasteiger partial charge in [-0.25, -0.2) is 4.79 Å². The number of amides is 1. The summed E-state index contributed by atoms with van der Waals surface area (Å²) in [5.74, 6) is 1.28. The summed E-state index contributed by atoms with van der Waals surface area (Å²) in [6.45, 7) is 4.17. The zero-order chi connectivity index (χ0) is 20.0. The van der Waals surface area contributed by atoms with Gasteiger partial charge >= 0.3 is 5.97 Å². The van der Waals surface area contributed by atoms with Crippen molar-refractivity contribution < 1.29 is 19.8 Å². The Bertz CT molecular complexity index is 832. The van der Waals surface area contributed by atoms with Crippen molar-refractivity contribution in [3.63, 3.8) is 0 Å². The minimum Gasteiger partial charge on any atom is -0.508 e. The van der Waals surface area contributed by atoms with Crippen LogP contribution >= 0.6 is 0 Å². The Morgan fingerprint density at radius 1 is 1.07 bits per heavy atom. The van der Waals surface area contributed by atoms with E-state index in [4.69, 9.17) is 6.42 Å². The molecule has 0 fully saturated rings. The van der Waals surface area contributed by atoms with Gasteiger partial charge in [-0.15, -0.1) is 6.42 Å². The molecular weight excluding hydrogens is 342 g/mol. The molecule has 2 aromatic carbocycles. The van der Waals surface area contributed by atoms with Crippen molar-refractivity contribution in [2.24, 2.45) is 5.92 Å². The van der Waals surface area contributed by atoms with Crippen molar-refractivity contribution in [1.82, 2.24) is 4.90 Å². The highest BCUT2D eigenvalue weighted by Crippen LogP contribution is 2.18. The number of rotatable bonds is 7. The van der Waals surface area contributed by atoms with E-state index in [0.29, 0.717) is 17.7 Å². The zero-order valence-corrected chi connectivity index (χ0v) is 15.4. The fourth-order valence-corrected chi connectivity index (χ4v) is 2.81. The summed E-state index contributed by atoms with van der Waals surface area (Å²) in [4.78, 5) is 26.4.